The number of rotatable bonds is 5. The molecule has 158 valence electrons. The van der Waals surface area contributed by atoms with Gasteiger partial charge in [-0.1, -0.05) is 12.1 Å². The molecule has 1 amide bonds. The number of pyridine rings is 1. The molecule has 0 atom stereocenters. The van der Waals surface area contributed by atoms with Crippen molar-refractivity contribution in [3.05, 3.63) is 54.5 Å². The highest BCUT2D eigenvalue weighted by molar-refractivity contribution is 6.05. The molecule has 0 aliphatic carbocycles. The third-order valence-electron chi connectivity index (χ3n) is 4.00. The highest BCUT2D eigenvalue weighted by Gasteiger charge is 2.18. The predicted molar refractivity (Wildman–Crippen MR) is 118 cm³/mol. The fraction of sp³-hybridized carbons (Fsp3) is 0.318. The van der Waals surface area contributed by atoms with Gasteiger partial charge in [0, 0.05) is 36.3 Å². The van der Waals surface area contributed by atoms with E-state index >= 15 is 0 Å². The molecule has 3 aromatic rings. The molecule has 2 aromatic heterocycles. The van der Waals surface area contributed by atoms with Gasteiger partial charge in [-0.3, -0.25) is 10.3 Å². The summed E-state index contributed by atoms with van der Waals surface area (Å²) in [6.45, 7) is 8.59. The largest absolute Gasteiger partial charge is 0.444 e. The van der Waals surface area contributed by atoms with Crippen molar-refractivity contribution < 1.29 is 14.3 Å². The van der Waals surface area contributed by atoms with Crippen LogP contribution >= 0.6 is 0 Å². The van der Waals surface area contributed by atoms with E-state index in [1.54, 1.807) is 39.4 Å². The van der Waals surface area contributed by atoms with E-state index in [1.807, 2.05) is 37.3 Å². The van der Waals surface area contributed by atoms with Crippen molar-refractivity contribution in [2.45, 2.75) is 39.9 Å². The molecular weight excluding hydrogens is 382 g/mol. The summed E-state index contributed by atoms with van der Waals surface area (Å²) >= 11 is 0. The standard InChI is InChI=1S/C22H27N5O3/c1-5-29-14-15-6-8-16(9-7-15)25-20(27-21(28)30-22(2,3)4)26-19-13-24-18-10-11-23-12-17(18)19/h6-13,24H,5,14H2,1-4H3,(H2,25,26,27,28). The summed E-state index contributed by atoms with van der Waals surface area (Å²) in [4.78, 5) is 24.2. The van der Waals surface area contributed by atoms with Crippen LogP contribution in [0.5, 0.6) is 0 Å². The number of nitrogens with zero attached hydrogens (tertiary/aromatic N) is 2. The van der Waals surface area contributed by atoms with E-state index in [9.17, 15) is 4.79 Å². The van der Waals surface area contributed by atoms with Gasteiger partial charge in [-0.05, 0) is 51.5 Å². The van der Waals surface area contributed by atoms with Crippen LogP contribution in [-0.2, 0) is 16.1 Å². The van der Waals surface area contributed by atoms with Crippen LogP contribution in [0, 0.1) is 0 Å². The molecule has 8 nitrogen and oxygen atoms in total. The minimum atomic E-state index is -0.624. The lowest BCUT2D eigenvalue weighted by molar-refractivity contribution is 0.0563. The first-order valence-electron chi connectivity index (χ1n) is 9.77. The lowest BCUT2D eigenvalue weighted by atomic mass is 10.2. The van der Waals surface area contributed by atoms with E-state index in [0.29, 0.717) is 18.9 Å². The topological polar surface area (TPSA) is 101 Å². The number of anilines is 1. The van der Waals surface area contributed by atoms with Crippen molar-refractivity contribution >= 4 is 34.3 Å². The molecule has 8 heteroatoms. The Balaban J connectivity index is 1.84. The molecule has 0 saturated heterocycles. The minimum absolute atomic E-state index is 0.242. The SMILES string of the molecule is CCOCc1ccc(NC(=Nc2c[nH]c3ccncc23)NC(=O)OC(C)(C)C)cc1. The maximum absolute atomic E-state index is 12.3. The van der Waals surface area contributed by atoms with Crippen LogP contribution in [-0.4, -0.2) is 34.2 Å². The van der Waals surface area contributed by atoms with Crippen molar-refractivity contribution in [1.82, 2.24) is 15.3 Å². The van der Waals surface area contributed by atoms with Gasteiger partial charge in [0.25, 0.3) is 0 Å². The normalized spacial score (nSPS) is 12.1. The molecule has 30 heavy (non-hydrogen) atoms. The number of ether oxygens (including phenoxy) is 2. The fourth-order valence-electron chi connectivity index (χ4n) is 2.69. The third kappa shape index (κ3) is 6.05. The average molecular weight is 409 g/mol. The first-order valence-corrected chi connectivity index (χ1v) is 9.77. The molecule has 2 heterocycles. The van der Waals surface area contributed by atoms with Gasteiger partial charge in [-0.15, -0.1) is 0 Å². The average Bonchev–Trinajstić information content (AvgIpc) is 3.09. The van der Waals surface area contributed by atoms with Crippen LogP contribution < -0.4 is 10.6 Å². The van der Waals surface area contributed by atoms with Gasteiger partial charge in [-0.2, -0.15) is 0 Å². The number of amides is 1. The predicted octanol–water partition coefficient (Wildman–Crippen LogP) is 4.72. The van der Waals surface area contributed by atoms with Crippen molar-refractivity contribution in [2.75, 3.05) is 11.9 Å². The minimum Gasteiger partial charge on any atom is -0.444 e. The van der Waals surface area contributed by atoms with E-state index in [4.69, 9.17) is 9.47 Å². The molecule has 0 spiro atoms. The number of nitrogens with one attached hydrogen (secondary N) is 3. The lowest BCUT2D eigenvalue weighted by Gasteiger charge is -2.20. The van der Waals surface area contributed by atoms with Crippen LogP contribution in [0.3, 0.4) is 0 Å². The summed E-state index contributed by atoms with van der Waals surface area (Å²) < 4.78 is 10.8. The number of hydrogen-bond donors (Lipinski definition) is 3. The Kier molecular flexibility index (Phi) is 6.68. The Labute approximate surface area is 175 Å². The first kappa shape index (κ1) is 21.3. The van der Waals surface area contributed by atoms with Crippen LogP contribution in [0.2, 0.25) is 0 Å². The molecule has 0 radical (unpaired) electrons. The molecule has 0 aliphatic rings. The van der Waals surface area contributed by atoms with Crippen molar-refractivity contribution in [3.63, 3.8) is 0 Å². The number of carbonyl (C=O) groups excluding carboxylic acids is 1. The van der Waals surface area contributed by atoms with E-state index < -0.39 is 11.7 Å². The van der Waals surface area contributed by atoms with E-state index in [-0.39, 0.29) is 5.96 Å². The van der Waals surface area contributed by atoms with Gasteiger partial charge in [0.05, 0.1) is 17.8 Å². The second kappa shape index (κ2) is 9.41. The molecule has 3 rings (SSSR count). The van der Waals surface area contributed by atoms with Crippen molar-refractivity contribution in [2.24, 2.45) is 4.99 Å². The fourth-order valence-corrected chi connectivity index (χ4v) is 2.69. The number of H-pyrrole nitrogens is 1. The van der Waals surface area contributed by atoms with Gasteiger partial charge in [-0.25, -0.2) is 9.79 Å². The number of carbonyl (C=O) groups is 1. The van der Waals surface area contributed by atoms with Gasteiger partial charge >= 0.3 is 6.09 Å². The Bertz CT molecular complexity index is 1020. The highest BCUT2D eigenvalue weighted by atomic mass is 16.6. The van der Waals surface area contributed by atoms with Crippen molar-refractivity contribution in [3.8, 4) is 0 Å². The van der Waals surface area contributed by atoms with Crippen molar-refractivity contribution in [1.29, 1.82) is 0 Å². The molecule has 0 bridgehead atoms. The van der Waals surface area contributed by atoms with Gasteiger partial charge in [0.15, 0.2) is 0 Å². The van der Waals surface area contributed by atoms with Crippen LogP contribution in [0.25, 0.3) is 10.9 Å². The quantitative estimate of drug-likeness (QED) is 0.418. The summed E-state index contributed by atoms with van der Waals surface area (Å²) in [5.74, 6) is 0.242. The van der Waals surface area contributed by atoms with Gasteiger partial charge in [0.1, 0.15) is 5.60 Å². The third-order valence-corrected chi connectivity index (χ3v) is 4.00. The summed E-state index contributed by atoms with van der Waals surface area (Å²) in [7, 11) is 0. The van der Waals surface area contributed by atoms with E-state index in [1.165, 1.54) is 0 Å². The maximum atomic E-state index is 12.3. The molecule has 0 aliphatic heterocycles. The Hall–Kier alpha value is -3.39. The number of benzene rings is 1. The Morgan fingerprint density at radius 3 is 2.67 bits per heavy atom. The summed E-state index contributed by atoms with van der Waals surface area (Å²) in [5.41, 5.74) is 2.75. The summed E-state index contributed by atoms with van der Waals surface area (Å²) in [6.07, 6.45) is 4.59. The Morgan fingerprint density at radius 1 is 1.20 bits per heavy atom. The maximum Gasteiger partial charge on any atom is 0.414 e. The highest BCUT2D eigenvalue weighted by Crippen LogP contribution is 2.24. The molecule has 0 saturated carbocycles. The van der Waals surface area contributed by atoms with Crippen LogP contribution in [0.4, 0.5) is 16.2 Å². The van der Waals surface area contributed by atoms with E-state index in [2.05, 4.69) is 25.6 Å². The number of aliphatic imine (C=N–C) groups is 1. The second-order valence-corrected chi connectivity index (χ2v) is 7.64. The second-order valence-electron chi connectivity index (χ2n) is 7.64. The molecule has 3 N–H and O–H groups in total. The number of aromatic nitrogens is 2. The number of aromatic amines is 1. The molecule has 0 unspecified atom stereocenters. The monoisotopic (exact) mass is 409 g/mol. The molecular formula is C22H27N5O3. The van der Waals surface area contributed by atoms with Crippen LogP contribution in [0.15, 0.2) is 53.9 Å². The lowest BCUT2D eigenvalue weighted by Crippen LogP contribution is -2.39. The van der Waals surface area contributed by atoms with Gasteiger partial charge in [0.2, 0.25) is 5.96 Å². The number of guanidine groups is 1. The number of fused-ring (bicyclic) bond motifs is 1. The Morgan fingerprint density at radius 2 is 1.97 bits per heavy atom. The molecule has 1 aromatic carbocycles. The zero-order chi connectivity index (χ0) is 21.6. The number of alkyl carbamates (subject to hydrolysis) is 1. The van der Waals surface area contributed by atoms with Crippen LogP contribution in [0.1, 0.15) is 33.3 Å². The smallest absolute Gasteiger partial charge is 0.414 e. The van der Waals surface area contributed by atoms with E-state index in [0.717, 1.165) is 22.2 Å². The first-order chi connectivity index (χ1) is 14.3. The number of hydrogen-bond acceptors (Lipinski definition) is 5. The summed E-state index contributed by atoms with van der Waals surface area (Å²) in [5, 5.41) is 6.68. The summed E-state index contributed by atoms with van der Waals surface area (Å²) in [6, 6.07) is 9.58. The van der Waals surface area contributed by atoms with Gasteiger partial charge < -0.3 is 19.8 Å². The molecule has 0 fully saturated rings. The zero-order valence-electron chi connectivity index (χ0n) is 17.7. The zero-order valence-corrected chi connectivity index (χ0v) is 17.7.